The summed E-state index contributed by atoms with van der Waals surface area (Å²) in [5.41, 5.74) is 0. The molecule has 0 spiro atoms. The Hall–Kier alpha value is -2.32. The highest BCUT2D eigenvalue weighted by Gasteiger charge is 2.12. The normalized spacial score (nSPS) is 7.39. The van der Waals surface area contributed by atoms with E-state index in [2.05, 4.69) is 9.88 Å². The maximum atomic E-state index is 10.4. The molecule has 0 saturated heterocycles. The number of hydrogen-bond donors (Lipinski definition) is 5. The lowest BCUT2D eigenvalue weighted by Crippen LogP contribution is -2.11. The summed E-state index contributed by atoms with van der Waals surface area (Å²) in [4.78, 5) is 41.6. The third kappa shape index (κ3) is 23.5. The third-order valence-corrected chi connectivity index (χ3v) is 0.489. The van der Waals surface area contributed by atoms with E-state index in [1.54, 1.807) is 0 Å². The van der Waals surface area contributed by atoms with E-state index in [9.17, 15) is 28.2 Å². The van der Waals surface area contributed by atoms with Gasteiger partial charge in [-0.25, -0.2) is 29.1 Å². The van der Waals surface area contributed by atoms with Crippen LogP contribution in [0.5, 0.6) is 0 Å². The predicted octanol–water partition coefficient (Wildman–Crippen LogP) is -3.05. The minimum atomic E-state index is -2.17. The second-order valence-electron chi connectivity index (χ2n) is 1.69. The Bertz CT molecular complexity index is 262. The van der Waals surface area contributed by atoms with Gasteiger partial charge in [0.25, 0.3) is 0 Å². The topological polar surface area (TPSA) is 188 Å². The lowest BCUT2D eigenvalue weighted by molar-refractivity contribution is -0.192. The van der Waals surface area contributed by atoms with Gasteiger partial charge in [-0.1, -0.05) is 0 Å². The van der Waals surface area contributed by atoms with Crippen molar-refractivity contribution >= 4 is 31.2 Å². The zero-order chi connectivity index (χ0) is 15.3. The van der Waals surface area contributed by atoms with Gasteiger partial charge in [0.2, 0.25) is 0 Å². The predicted molar refractivity (Wildman–Crippen MR) is 42.1 cm³/mol. The van der Waals surface area contributed by atoms with Crippen molar-refractivity contribution in [1.29, 1.82) is 0 Å². The number of carbonyl (C=O) groups is 4. The van der Waals surface area contributed by atoms with Crippen molar-refractivity contribution in [1.82, 2.24) is 0 Å². The average molecular weight is 278 g/mol. The molecule has 14 heteroatoms. The van der Waals surface area contributed by atoms with Crippen molar-refractivity contribution in [2.75, 3.05) is 0 Å². The molecule has 0 aromatic heterocycles. The monoisotopic (exact) mass is 278 g/mol. The summed E-state index contributed by atoms with van der Waals surface area (Å²) in [6, 6.07) is 0. The lowest BCUT2D eigenvalue weighted by atomic mass is 10.3. The molecule has 0 amide bonds. The summed E-state index contributed by atoms with van der Waals surface area (Å²) < 4.78 is 20.8. The number of carboxylic acid groups (broad SMARTS) is 2. The van der Waals surface area contributed by atoms with Gasteiger partial charge in [0.15, 0.2) is 0 Å². The van der Waals surface area contributed by atoms with E-state index < -0.39 is 31.2 Å². The van der Waals surface area contributed by atoms with Crippen LogP contribution in [-0.4, -0.2) is 56.5 Å². The molecule has 0 aliphatic heterocycles. The second-order valence-corrected chi connectivity index (χ2v) is 1.69. The lowest BCUT2D eigenvalue weighted by Gasteiger charge is -1.78. The van der Waals surface area contributed by atoms with Gasteiger partial charge in [0.05, 0.1) is 0 Å². The first-order valence-corrected chi connectivity index (χ1v) is 3.26. The van der Waals surface area contributed by atoms with E-state index in [-0.39, 0.29) is 0 Å². The zero-order valence-corrected chi connectivity index (χ0v) is 8.02. The van der Waals surface area contributed by atoms with Crippen molar-refractivity contribution in [3.05, 3.63) is 0 Å². The van der Waals surface area contributed by atoms with Crippen LogP contribution in [0.4, 0.5) is 9.05 Å². The molecule has 0 fully saturated rings. The first kappa shape index (κ1) is 21.0. The Morgan fingerprint density at radius 3 is 0.944 bits per heavy atom. The van der Waals surface area contributed by atoms with Crippen LogP contribution in [0.1, 0.15) is 0 Å². The van der Waals surface area contributed by atoms with Crippen LogP contribution in [0.3, 0.4) is 0 Å². The Morgan fingerprint density at radius 1 is 0.778 bits per heavy atom. The number of aliphatic carboxylic acids is 2. The fraction of sp³-hybridized carbons (Fsp3) is 0. The first-order valence-electron chi connectivity index (χ1n) is 3.26. The van der Waals surface area contributed by atoms with Crippen LogP contribution >= 0.6 is 0 Å². The van der Waals surface area contributed by atoms with Crippen LogP contribution in [0.25, 0.3) is 0 Å². The molecule has 0 heterocycles. The maximum Gasteiger partial charge on any atom is 0.631 e. The van der Waals surface area contributed by atoms with Gasteiger partial charge in [-0.15, -0.1) is 0 Å². The smallest absolute Gasteiger partial charge is 0.473 e. The summed E-state index contributed by atoms with van der Waals surface area (Å²) in [6.07, 6.45) is 0. The minimum Gasteiger partial charge on any atom is -0.473 e. The molecule has 0 atom stereocenters. The zero-order valence-electron chi connectivity index (χ0n) is 8.02. The van der Waals surface area contributed by atoms with E-state index in [4.69, 9.17) is 25.3 Å². The SMILES string of the molecule is O=C(O)C(=O)OF.O=C(O)C(=O)OF.OB(O)O. The van der Waals surface area contributed by atoms with Gasteiger partial charge < -0.3 is 25.3 Å². The van der Waals surface area contributed by atoms with E-state index in [1.165, 1.54) is 0 Å². The van der Waals surface area contributed by atoms with E-state index in [0.717, 1.165) is 0 Å². The number of hydrogen-bond acceptors (Lipinski definition) is 9. The van der Waals surface area contributed by atoms with Crippen LogP contribution in [0, 0.1) is 0 Å². The van der Waals surface area contributed by atoms with E-state index >= 15 is 0 Å². The van der Waals surface area contributed by atoms with Crippen LogP contribution in [0.2, 0.25) is 0 Å². The number of carbonyl (C=O) groups excluding carboxylic acids is 2. The molecule has 0 aromatic carbocycles. The standard InChI is InChI=1S/2C2HFO4.BH3O3/c2*3-7-2(6)1(4)5;2-1(3)4/h2*(H,4,5);2-4H. The Morgan fingerprint density at radius 2 is 0.944 bits per heavy atom. The Kier molecular flexibility index (Phi) is 14.9. The fourth-order valence-corrected chi connectivity index (χ4v) is 0.0660. The van der Waals surface area contributed by atoms with Crippen molar-refractivity contribution in [2.45, 2.75) is 0 Å². The highest BCUT2D eigenvalue weighted by atomic mass is 19.3. The molecular formula is C4H5BF2O11. The van der Waals surface area contributed by atoms with Crippen molar-refractivity contribution in [3.8, 4) is 0 Å². The minimum absolute atomic E-state index is 1.90. The molecule has 11 nitrogen and oxygen atoms in total. The van der Waals surface area contributed by atoms with Gasteiger partial charge >= 0.3 is 31.2 Å². The van der Waals surface area contributed by atoms with Crippen molar-refractivity contribution in [3.63, 3.8) is 0 Å². The molecule has 0 bridgehead atoms. The molecule has 0 aliphatic rings. The van der Waals surface area contributed by atoms with Gasteiger partial charge in [0.1, 0.15) is 0 Å². The van der Waals surface area contributed by atoms with E-state index in [1.807, 2.05) is 0 Å². The molecule has 18 heavy (non-hydrogen) atoms. The largest absolute Gasteiger partial charge is 0.631 e. The quantitative estimate of drug-likeness (QED) is 0.223. The third-order valence-electron chi connectivity index (χ3n) is 0.489. The summed E-state index contributed by atoms with van der Waals surface area (Å²) in [6.45, 7) is 0. The van der Waals surface area contributed by atoms with Gasteiger partial charge in [-0.05, 0) is 0 Å². The van der Waals surface area contributed by atoms with E-state index in [0.29, 0.717) is 0 Å². The molecule has 0 radical (unpaired) electrons. The molecule has 0 saturated carbocycles. The highest BCUT2D eigenvalue weighted by molar-refractivity contribution is 6.30. The summed E-state index contributed by atoms with van der Waals surface area (Å²) in [5, 5.41) is 36.4. The van der Waals surface area contributed by atoms with Crippen LogP contribution < -0.4 is 0 Å². The molecule has 0 rings (SSSR count). The van der Waals surface area contributed by atoms with Crippen LogP contribution in [-0.2, 0) is 29.1 Å². The molecule has 0 unspecified atom stereocenters. The molecular weight excluding hydrogens is 273 g/mol. The molecule has 104 valence electrons. The fourth-order valence-electron chi connectivity index (χ4n) is 0.0660. The molecule has 5 N–H and O–H groups in total. The van der Waals surface area contributed by atoms with Crippen molar-refractivity contribution < 1.29 is 63.4 Å². The second kappa shape index (κ2) is 12.8. The summed E-state index contributed by atoms with van der Waals surface area (Å²) >= 11 is 0. The highest BCUT2D eigenvalue weighted by Crippen LogP contribution is 1.75. The van der Waals surface area contributed by atoms with Gasteiger partial charge in [-0.2, -0.15) is 0 Å². The first-order chi connectivity index (χ1) is 8.09. The Balaban J connectivity index is -0.000000196. The number of halogens is 2. The number of carboxylic acids is 2. The van der Waals surface area contributed by atoms with Gasteiger partial charge in [-0.3, -0.25) is 0 Å². The molecule has 0 aromatic rings. The molecule has 0 aliphatic carbocycles. The summed E-state index contributed by atoms with van der Waals surface area (Å²) in [5.74, 6) is -7.69. The van der Waals surface area contributed by atoms with Gasteiger partial charge in [0, 0.05) is 9.05 Å². The van der Waals surface area contributed by atoms with Crippen LogP contribution in [0.15, 0.2) is 0 Å². The Labute approximate surface area is 95.7 Å². The maximum absolute atomic E-state index is 10.4. The average Bonchev–Trinajstić information content (AvgIpc) is 2.26. The summed E-state index contributed by atoms with van der Waals surface area (Å²) in [7, 11) is -2.17. The van der Waals surface area contributed by atoms with Crippen molar-refractivity contribution in [2.24, 2.45) is 0 Å². The number of rotatable bonds is 0.